The van der Waals surface area contributed by atoms with E-state index in [0.29, 0.717) is 17.1 Å². The third kappa shape index (κ3) is 3.11. The molecule has 0 radical (unpaired) electrons. The van der Waals surface area contributed by atoms with Crippen molar-refractivity contribution in [2.24, 2.45) is 0 Å². The fraction of sp³-hybridized carbons (Fsp3) is 0.143. The Hall–Kier alpha value is -3.34. The lowest BCUT2D eigenvalue weighted by Crippen LogP contribution is -2.28. The zero-order valence-electron chi connectivity index (χ0n) is 14.2. The van der Waals surface area contributed by atoms with E-state index in [4.69, 9.17) is 0 Å². The minimum Gasteiger partial charge on any atom is -0.508 e. The SMILES string of the molecule is O=C(Nc1ccc(O)cc1)c1cccnc1N1CCCc2ccccc21. The number of nitrogens with one attached hydrogen (secondary N) is 1. The fourth-order valence-corrected chi connectivity index (χ4v) is 3.29. The first-order valence-electron chi connectivity index (χ1n) is 8.63. The van der Waals surface area contributed by atoms with Gasteiger partial charge in [0.25, 0.3) is 5.91 Å². The molecule has 2 aromatic carbocycles. The highest BCUT2D eigenvalue weighted by molar-refractivity contribution is 6.08. The number of pyridine rings is 1. The number of phenolic OH excluding ortho intramolecular Hbond substituents is 1. The number of rotatable bonds is 3. The van der Waals surface area contributed by atoms with Crippen LogP contribution in [0.2, 0.25) is 0 Å². The molecule has 130 valence electrons. The number of benzene rings is 2. The largest absolute Gasteiger partial charge is 0.508 e. The maximum Gasteiger partial charge on any atom is 0.259 e. The van der Waals surface area contributed by atoms with Crippen molar-refractivity contribution in [3.63, 3.8) is 0 Å². The number of nitrogens with zero attached hydrogens (tertiary/aromatic N) is 2. The van der Waals surface area contributed by atoms with Crippen molar-refractivity contribution in [2.75, 3.05) is 16.8 Å². The average molecular weight is 345 g/mol. The molecule has 0 saturated carbocycles. The van der Waals surface area contributed by atoms with E-state index in [1.165, 1.54) is 5.56 Å². The van der Waals surface area contributed by atoms with Crippen LogP contribution in [-0.4, -0.2) is 22.5 Å². The van der Waals surface area contributed by atoms with Gasteiger partial charge in [0.15, 0.2) is 0 Å². The molecule has 3 aromatic rings. The number of amides is 1. The molecule has 0 unspecified atom stereocenters. The highest BCUT2D eigenvalue weighted by atomic mass is 16.3. The molecule has 0 spiro atoms. The van der Waals surface area contributed by atoms with E-state index in [1.54, 1.807) is 42.6 Å². The Kier molecular flexibility index (Phi) is 4.27. The second-order valence-electron chi connectivity index (χ2n) is 6.26. The molecule has 1 aromatic heterocycles. The molecule has 0 fully saturated rings. The molecular weight excluding hydrogens is 326 g/mol. The summed E-state index contributed by atoms with van der Waals surface area (Å²) in [5.74, 6) is 0.604. The molecule has 1 aliphatic heterocycles. The van der Waals surface area contributed by atoms with Gasteiger partial charge in [0, 0.05) is 24.1 Å². The van der Waals surface area contributed by atoms with E-state index in [1.807, 2.05) is 12.1 Å². The van der Waals surface area contributed by atoms with Gasteiger partial charge in [-0.05, 0) is 60.9 Å². The number of anilines is 3. The van der Waals surface area contributed by atoms with Crippen molar-refractivity contribution < 1.29 is 9.90 Å². The average Bonchev–Trinajstić information content (AvgIpc) is 2.69. The quantitative estimate of drug-likeness (QED) is 0.701. The Balaban J connectivity index is 1.67. The minimum absolute atomic E-state index is 0.162. The zero-order valence-corrected chi connectivity index (χ0v) is 14.2. The van der Waals surface area contributed by atoms with E-state index in [0.717, 1.165) is 25.1 Å². The predicted octanol–water partition coefficient (Wildman–Crippen LogP) is 4.12. The van der Waals surface area contributed by atoms with Gasteiger partial charge in [-0.1, -0.05) is 18.2 Å². The number of aromatic hydroxyl groups is 1. The van der Waals surface area contributed by atoms with E-state index < -0.39 is 0 Å². The topological polar surface area (TPSA) is 65.5 Å². The number of hydrogen-bond donors (Lipinski definition) is 2. The summed E-state index contributed by atoms with van der Waals surface area (Å²) in [5, 5.41) is 12.3. The summed E-state index contributed by atoms with van der Waals surface area (Å²) < 4.78 is 0. The maximum atomic E-state index is 12.8. The van der Waals surface area contributed by atoms with Gasteiger partial charge in [0.1, 0.15) is 11.6 Å². The van der Waals surface area contributed by atoms with E-state index in [-0.39, 0.29) is 11.7 Å². The summed E-state index contributed by atoms with van der Waals surface area (Å²) in [4.78, 5) is 19.5. The number of aryl methyl sites for hydroxylation is 1. The van der Waals surface area contributed by atoms with E-state index in [2.05, 4.69) is 27.3 Å². The van der Waals surface area contributed by atoms with Crippen LogP contribution >= 0.6 is 0 Å². The standard InChI is InChI=1S/C21H19N3O2/c25-17-11-9-16(10-12-17)23-21(26)18-7-3-13-22-20(18)24-14-4-6-15-5-1-2-8-19(15)24/h1-3,5,7-13,25H,4,6,14H2,(H,23,26). The van der Waals surface area contributed by atoms with Crippen molar-refractivity contribution in [1.82, 2.24) is 4.98 Å². The van der Waals surface area contributed by atoms with Crippen molar-refractivity contribution in [1.29, 1.82) is 0 Å². The van der Waals surface area contributed by atoms with Crippen LogP contribution in [0, 0.1) is 0 Å². The summed E-state index contributed by atoms with van der Waals surface area (Å²) in [6.45, 7) is 0.827. The smallest absolute Gasteiger partial charge is 0.259 e. The first-order chi connectivity index (χ1) is 12.7. The van der Waals surface area contributed by atoms with Crippen molar-refractivity contribution in [3.8, 4) is 5.75 Å². The molecule has 26 heavy (non-hydrogen) atoms. The summed E-state index contributed by atoms with van der Waals surface area (Å²) in [6.07, 6.45) is 3.77. The first-order valence-corrected chi connectivity index (χ1v) is 8.63. The monoisotopic (exact) mass is 345 g/mol. The Morgan fingerprint density at radius 3 is 2.69 bits per heavy atom. The third-order valence-corrected chi connectivity index (χ3v) is 4.52. The lowest BCUT2D eigenvalue weighted by Gasteiger charge is -2.31. The molecule has 5 nitrogen and oxygen atoms in total. The van der Waals surface area contributed by atoms with Crippen LogP contribution in [0.15, 0.2) is 66.9 Å². The predicted molar refractivity (Wildman–Crippen MR) is 102 cm³/mol. The summed E-state index contributed by atoms with van der Waals surface area (Å²) >= 11 is 0. The molecule has 1 amide bonds. The second-order valence-corrected chi connectivity index (χ2v) is 6.26. The van der Waals surface area contributed by atoms with E-state index in [9.17, 15) is 9.90 Å². The summed E-state index contributed by atoms with van der Waals surface area (Å²) in [7, 11) is 0. The van der Waals surface area contributed by atoms with Crippen molar-refractivity contribution >= 4 is 23.1 Å². The summed E-state index contributed by atoms with van der Waals surface area (Å²) in [6, 6.07) is 18.2. The molecule has 2 heterocycles. The number of phenols is 1. The zero-order chi connectivity index (χ0) is 17.9. The van der Waals surface area contributed by atoms with Crippen LogP contribution in [0.25, 0.3) is 0 Å². The van der Waals surface area contributed by atoms with Crippen LogP contribution in [0.5, 0.6) is 5.75 Å². The number of fused-ring (bicyclic) bond motifs is 1. The lowest BCUT2D eigenvalue weighted by atomic mass is 10.0. The van der Waals surface area contributed by atoms with Gasteiger partial charge in [-0.2, -0.15) is 0 Å². The van der Waals surface area contributed by atoms with Crippen LogP contribution in [0.3, 0.4) is 0 Å². The van der Waals surface area contributed by atoms with Crippen molar-refractivity contribution in [3.05, 3.63) is 78.0 Å². The Morgan fingerprint density at radius 2 is 1.85 bits per heavy atom. The molecule has 1 aliphatic rings. The molecule has 0 saturated heterocycles. The summed E-state index contributed by atoms with van der Waals surface area (Å²) in [5.41, 5.74) is 3.53. The molecular formula is C21H19N3O2. The molecule has 4 rings (SSSR count). The Labute approximate surface area is 151 Å². The van der Waals surface area contributed by atoms with Gasteiger partial charge in [-0.15, -0.1) is 0 Å². The molecule has 0 atom stereocenters. The maximum absolute atomic E-state index is 12.8. The molecule has 0 aliphatic carbocycles. The molecule has 5 heteroatoms. The fourth-order valence-electron chi connectivity index (χ4n) is 3.29. The number of aromatic nitrogens is 1. The van der Waals surface area contributed by atoms with Crippen LogP contribution in [-0.2, 0) is 6.42 Å². The highest BCUT2D eigenvalue weighted by Crippen LogP contribution is 2.34. The van der Waals surface area contributed by atoms with Crippen molar-refractivity contribution in [2.45, 2.75) is 12.8 Å². The van der Waals surface area contributed by atoms with Gasteiger partial charge in [0.05, 0.1) is 5.56 Å². The highest BCUT2D eigenvalue weighted by Gasteiger charge is 2.23. The van der Waals surface area contributed by atoms with Gasteiger partial charge in [0.2, 0.25) is 0 Å². The normalized spacial score (nSPS) is 13.2. The lowest BCUT2D eigenvalue weighted by molar-refractivity contribution is 0.102. The Bertz CT molecular complexity index is 938. The number of carbonyl (C=O) groups excluding carboxylic acids is 1. The van der Waals surface area contributed by atoms with Gasteiger partial charge < -0.3 is 15.3 Å². The van der Waals surface area contributed by atoms with Gasteiger partial charge in [-0.25, -0.2) is 4.98 Å². The number of carbonyl (C=O) groups is 1. The minimum atomic E-state index is -0.221. The number of para-hydroxylation sites is 1. The van der Waals surface area contributed by atoms with Gasteiger partial charge >= 0.3 is 0 Å². The van der Waals surface area contributed by atoms with Crippen LogP contribution < -0.4 is 10.2 Å². The van der Waals surface area contributed by atoms with Crippen LogP contribution in [0.1, 0.15) is 22.3 Å². The Morgan fingerprint density at radius 1 is 1.04 bits per heavy atom. The number of hydrogen-bond acceptors (Lipinski definition) is 4. The third-order valence-electron chi connectivity index (χ3n) is 4.52. The van der Waals surface area contributed by atoms with Crippen LogP contribution in [0.4, 0.5) is 17.2 Å². The second kappa shape index (κ2) is 6.88. The molecule has 0 bridgehead atoms. The first kappa shape index (κ1) is 16.1. The van der Waals surface area contributed by atoms with Gasteiger partial charge in [-0.3, -0.25) is 4.79 Å². The van der Waals surface area contributed by atoms with E-state index >= 15 is 0 Å². The molecule has 2 N–H and O–H groups in total.